The largest absolute Gasteiger partial charge is 0.505 e. The Morgan fingerprint density at radius 3 is 1.72 bits per heavy atom. The van der Waals surface area contributed by atoms with Crippen molar-refractivity contribution in [3.63, 3.8) is 0 Å². The molecule has 9 atom stereocenters. The number of ether oxygens (including phenoxy) is 5. The Hall–Kier alpha value is -11.3. The van der Waals surface area contributed by atoms with Crippen molar-refractivity contribution in [1.82, 2.24) is 20.5 Å². The highest BCUT2D eigenvalue weighted by Gasteiger charge is 2.23. The summed E-state index contributed by atoms with van der Waals surface area (Å²) in [6.45, 7) is 13.6. The highest BCUT2D eigenvalue weighted by atomic mass is 18.2. The van der Waals surface area contributed by atoms with Crippen LogP contribution in [0.4, 0.5) is 30.7 Å². The average Bonchev–Trinajstić information content (AvgIpc) is 1.61. The Kier molecular flexibility index (Phi) is 56.9. The summed E-state index contributed by atoms with van der Waals surface area (Å²) in [7, 11) is 6.64. The fraction of sp³-hybridized carbons (Fsp3) is 0.438. The second kappa shape index (κ2) is 64.4. The van der Waals surface area contributed by atoms with Crippen LogP contribution in [0.1, 0.15) is 168 Å². The van der Waals surface area contributed by atoms with Crippen molar-refractivity contribution in [2.45, 2.75) is 156 Å². The van der Waals surface area contributed by atoms with Gasteiger partial charge in [0.15, 0.2) is 46.1 Å². The van der Waals surface area contributed by atoms with E-state index in [4.69, 9.17) is 50.3 Å². The van der Waals surface area contributed by atoms with Crippen LogP contribution in [-0.4, -0.2) is 202 Å². The van der Waals surface area contributed by atoms with Gasteiger partial charge in [0.05, 0.1) is 68.6 Å². The van der Waals surface area contributed by atoms with Crippen molar-refractivity contribution in [2.75, 3.05) is 101 Å². The number of phenols is 6. The highest BCUT2D eigenvalue weighted by molar-refractivity contribution is 5.81. The number of hydrogen-bond acceptors (Lipinski definition) is 24. The lowest BCUT2D eigenvalue weighted by atomic mass is 9.93. The van der Waals surface area contributed by atoms with Gasteiger partial charge >= 0.3 is 5.97 Å². The summed E-state index contributed by atoms with van der Waals surface area (Å²) < 4.78 is 114. The second-order valence-electron chi connectivity index (χ2n) is 30.3. The number of alkyl halides is 4. The van der Waals surface area contributed by atoms with E-state index in [0.717, 1.165) is 64.6 Å². The number of amidine groups is 1. The number of nitriles is 1. The van der Waals surface area contributed by atoms with Crippen LogP contribution in [0.25, 0.3) is 10.9 Å². The van der Waals surface area contributed by atoms with E-state index in [2.05, 4.69) is 33.9 Å². The molecule has 0 saturated heterocycles. The number of nitrogens with one attached hydrogen (secondary N) is 4. The van der Waals surface area contributed by atoms with Crippen LogP contribution < -0.4 is 35.9 Å². The number of rotatable bonds is 42. The quantitative estimate of drug-likeness (QED) is 0.00555. The van der Waals surface area contributed by atoms with Gasteiger partial charge in [0.2, 0.25) is 5.75 Å². The molecule has 9 unspecified atom stereocenters. The van der Waals surface area contributed by atoms with Crippen LogP contribution in [0.15, 0.2) is 169 Å². The number of aliphatic imine (C=N–C) groups is 1. The lowest BCUT2D eigenvalue weighted by Gasteiger charge is -2.21. The number of aryl methyl sites for hydroxylation is 1. The van der Waals surface area contributed by atoms with Crippen molar-refractivity contribution >= 4 is 28.4 Å². The first kappa shape index (κ1) is 115. The molecule has 0 saturated carbocycles. The van der Waals surface area contributed by atoms with E-state index in [0.29, 0.717) is 98.1 Å². The molecule has 9 rings (SSSR count). The SMILES string of the molecule is CC(=N)CCC(O)c1ccc(COCC[18F])cc1.CC(C)C(O)c1cccc(OCC[18F])c1.CC(Cc1cc(O)c(OCC[18F])c(O)c1)C(=O)O.CC(N)=NCc1ccc2c(ccn2CC[18F])c1.CCCCC(C)C(O)c1ccc(O)c(O)c1.CNCC(O)C(OC)c1ccc([18F])c(O)c1.CNCC(O)COc1cccc([18F])c1C#N.CNCCC(O)c1ccc([18F])c(O)c1. The standard InChI is InChI=1S/C14H20FNO2.C13H16FN3.C13H20O3.C12H15FO5.C12H17FO2.C11H13FN2O2.C11H16FNO3.C10H14FNO2/c1-11(16)2-7-14(17)13-5-3-12(4-6-13)10-18-9-8-15;1-10(15)16-9-11-2-3-13-12(8-11)4-6-17(13)7-5-14;1-3-4-5-9(2)13(16)10-6-7-11(14)12(15)8-10;1-7(12(16)17)4-8-5-9(14)11(10(15)6-8)18-3-2-13;1-9(2)12(14)10-4-3-5-11(8-10)15-7-6-13;1-14-6-8(15)7-16-11-4-2-3-10(12)9(11)5-13;1-13-6-10(15)11(16-2)7-3-4-8(12)9(14)5-7;1-12-5-4-9(13)7-2-3-8(11)10(14)6-7/h3-6,14,16-17H,2,7-10H2,1H3;2-4,6,8H,5,7,9H2,1H3,(H2,15,16);6-9,13-16H,3-5H2,1-2H3;5-7,14-15H,2-4H2,1H3,(H,16,17);3-5,8-9,12,14H,6-7H2,1-2H3;2-4,8,14-15H,6-7H2,1H3;3-5,10-11,13-15H,6H2,1-2H3;2-3,6,9,12-14H,4-5H2,1H3/i15-1;14-1;;2*13-1;2*12-1;11-1. The van der Waals surface area contributed by atoms with Crippen molar-refractivity contribution in [3.05, 3.63) is 231 Å². The van der Waals surface area contributed by atoms with E-state index in [1.807, 2.05) is 80.1 Å². The zero-order chi connectivity index (χ0) is 97.4. The van der Waals surface area contributed by atoms with Gasteiger partial charge < -0.3 is 122 Å². The number of fused-ring (bicyclic) bond motifs is 1. The molecular weight excluding hydrogens is 1700 g/mol. The zero-order valence-electron chi connectivity index (χ0n) is 75.5. The van der Waals surface area contributed by atoms with Crippen molar-refractivity contribution in [2.24, 2.45) is 28.5 Å². The Morgan fingerprint density at radius 2 is 1.16 bits per heavy atom. The topological polar surface area (TPSA) is 453 Å². The van der Waals surface area contributed by atoms with Crippen LogP contribution >= 0.6 is 0 Å². The van der Waals surface area contributed by atoms with Crippen molar-refractivity contribution in [1.29, 1.82) is 10.7 Å². The van der Waals surface area contributed by atoms with E-state index in [9.17, 15) is 91.7 Å². The van der Waals surface area contributed by atoms with Gasteiger partial charge in [0.1, 0.15) is 87.7 Å². The number of methoxy groups -OCH3 is 1. The van der Waals surface area contributed by atoms with Crippen LogP contribution in [-0.2, 0) is 40.4 Å². The maximum absolute atomic E-state index is 13.1. The molecule has 718 valence electrons. The maximum atomic E-state index is 13.1. The molecule has 0 aliphatic heterocycles. The lowest BCUT2D eigenvalue weighted by Crippen LogP contribution is -2.30. The van der Waals surface area contributed by atoms with Gasteiger partial charge in [-0.2, -0.15) is 5.26 Å². The third-order valence-corrected chi connectivity index (χ3v) is 19.1. The fourth-order valence-corrected chi connectivity index (χ4v) is 12.0. The number of likely N-dealkylation sites (N-methyl/N-ethyl adjacent to an activating group) is 2. The smallest absolute Gasteiger partial charge is 0.306 e. The number of halogens is 7. The van der Waals surface area contributed by atoms with Gasteiger partial charge in [-0.05, 0) is 226 Å². The number of carboxylic acids is 1. The molecule has 0 aliphatic rings. The summed E-state index contributed by atoms with van der Waals surface area (Å²) in [6.07, 6.45) is 2.57. The van der Waals surface area contributed by atoms with Gasteiger partial charge in [0.25, 0.3) is 0 Å². The molecule has 1 heterocycles. The van der Waals surface area contributed by atoms with Crippen LogP contribution in [0.2, 0.25) is 0 Å². The van der Waals surface area contributed by atoms with Crippen LogP contribution in [0.3, 0.4) is 0 Å². The Balaban J connectivity index is 0.000000503. The molecule has 0 spiro atoms. The first-order chi connectivity index (χ1) is 61.9. The number of carbonyl (C=O) groups is 1. The second-order valence-corrected chi connectivity index (χ2v) is 30.3. The predicted molar refractivity (Wildman–Crippen MR) is 487 cm³/mol. The van der Waals surface area contributed by atoms with E-state index in [1.54, 1.807) is 65.3 Å². The predicted octanol–water partition coefficient (Wildman–Crippen LogP) is 15.5. The van der Waals surface area contributed by atoms with Crippen LogP contribution in [0, 0.1) is 51.9 Å². The Morgan fingerprint density at radius 1 is 0.585 bits per heavy atom. The minimum atomic E-state index is -0.966. The number of phenolic OH excluding ortho intramolecular Hbond substituents is 6. The molecule has 0 bridgehead atoms. The molecule has 0 amide bonds. The van der Waals surface area contributed by atoms with Crippen molar-refractivity contribution in [3.8, 4) is 57.8 Å². The average molecular weight is 1830 g/mol. The third-order valence-electron chi connectivity index (χ3n) is 19.1. The Bertz CT molecular complexity index is 4760. The van der Waals surface area contributed by atoms with Gasteiger partial charge in [-0.25, -0.2) is 30.7 Å². The Labute approximate surface area is 756 Å². The van der Waals surface area contributed by atoms with E-state index in [-0.39, 0.29) is 91.4 Å². The highest BCUT2D eigenvalue weighted by Crippen LogP contribution is 2.38. The number of nitrogens with two attached hydrogens (primary N) is 1. The summed E-state index contributed by atoms with van der Waals surface area (Å²) >= 11 is 0. The number of carboxylic acid groups (broad SMARTS) is 1. The number of aromatic hydroxyl groups is 6. The monoisotopic (exact) mass is 1830 g/mol. The number of unbranched alkanes of at least 4 members (excludes halogenated alkanes) is 1. The molecule has 0 radical (unpaired) electrons. The number of hydrogen-bond donors (Lipinski definition) is 18. The molecule has 8 aromatic carbocycles. The van der Waals surface area contributed by atoms with E-state index < -0.39 is 104 Å². The van der Waals surface area contributed by atoms with E-state index in [1.165, 1.54) is 80.8 Å². The normalized spacial score (nSPS) is 12.9. The minimum absolute atomic E-state index is 0.0129. The third kappa shape index (κ3) is 43.9. The minimum Gasteiger partial charge on any atom is -0.505 e. The summed E-state index contributed by atoms with van der Waals surface area (Å²) in [4.78, 5) is 14.9. The maximum Gasteiger partial charge on any atom is 0.306 e. The summed E-state index contributed by atoms with van der Waals surface area (Å²) in [6, 6.07) is 43.3. The van der Waals surface area contributed by atoms with Gasteiger partial charge in [-0.3, -0.25) is 9.79 Å². The van der Waals surface area contributed by atoms with Gasteiger partial charge in [-0.15, -0.1) is 0 Å². The number of nitrogens with zero attached hydrogens (tertiary/aromatic N) is 3. The number of aliphatic carboxylic acids is 1. The number of aliphatic hydroxyl groups excluding tert-OH is 6. The molecule has 9 aromatic rings. The van der Waals surface area contributed by atoms with Crippen LogP contribution in [0.5, 0.6) is 51.7 Å². The summed E-state index contributed by atoms with van der Waals surface area (Å²) in [5, 5.41) is 149. The molecule has 130 heavy (non-hydrogen) atoms. The molecule has 34 heteroatoms. The van der Waals surface area contributed by atoms with Gasteiger partial charge in [0, 0.05) is 37.6 Å². The molecule has 0 fully saturated rings. The number of aliphatic hydroxyl groups is 6. The molecule has 1 aromatic heterocycles. The summed E-state index contributed by atoms with van der Waals surface area (Å²) in [5.74, 6) is -4.02. The zero-order valence-corrected chi connectivity index (χ0v) is 75.5. The van der Waals surface area contributed by atoms with Gasteiger partial charge in [-0.1, -0.05) is 114 Å². The van der Waals surface area contributed by atoms with Crippen molar-refractivity contribution < 1.29 is 126 Å². The summed E-state index contributed by atoms with van der Waals surface area (Å²) in [5.41, 5.74) is 12.9. The number of benzene rings is 8. The fourth-order valence-electron chi connectivity index (χ4n) is 12.0. The lowest BCUT2D eigenvalue weighted by molar-refractivity contribution is -0.141. The molecular formula is C96H131F7N8O19. The first-order valence-corrected chi connectivity index (χ1v) is 42.2. The molecule has 0 aliphatic carbocycles. The van der Waals surface area contributed by atoms with E-state index >= 15 is 0 Å². The first-order valence-electron chi connectivity index (χ1n) is 42.2. The molecule has 19 N–H and O–H groups in total. The number of aromatic nitrogens is 1. The molecule has 27 nitrogen and oxygen atoms in total.